The molecule has 2 aromatic carbocycles. The van der Waals surface area contributed by atoms with E-state index in [9.17, 15) is 9.59 Å². The predicted molar refractivity (Wildman–Crippen MR) is 116 cm³/mol. The maximum Gasteiger partial charge on any atom is 0.325 e. The smallest absolute Gasteiger partial charge is 0.325 e. The minimum absolute atomic E-state index is 0.119. The Morgan fingerprint density at radius 1 is 1.17 bits per heavy atom. The molecule has 2 aromatic heterocycles. The number of carbonyl (C=O) groups excluding carboxylic acids is 1. The van der Waals surface area contributed by atoms with Crippen molar-refractivity contribution < 1.29 is 9.48 Å². The van der Waals surface area contributed by atoms with Crippen LogP contribution < -0.4 is 15.1 Å². The molecule has 3 heterocycles. The van der Waals surface area contributed by atoms with Crippen molar-refractivity contribution in [1.82, 2.24) is 14.6 Å². The molecule has 1 N–H and O–H groups in total. The zero-order chi connectivity index (χ0) is 21.0. The molecule has 0 aliphatic carbocycles. The lowest BCUT2D eigenvalue weighted by molar-refractivity contribution is -0.762. The summed E-state index contributed by atoms with van der Waals surface area (Å²) in [6, 6.07) is 15.5. The molecule has 0 fully saturated rings. The second-order valence-corrected chi connectivity index (χ2v) is 8.04. The molecule has 150 valence electrons. The Kier molecular flexibility index (Phi) is 4.25. The van der Waals surface area contributed by atoms with Crippen molar-refractivity contribution in [3.63, 3.8) is 0 Å². The molecular formula is C22H20N5O2S+. The summed E-state index contributed by atoms with van der Waals surface area (Å²) in [5, 5.41) is 6.23. The first kappa shape index (κ1) is 18.6. The zero-order valence-electron chi connectivity index (χ0n) is 16.8. The van der Waals surface area contributed by atoms with Crippen LogP contribution in [0.5, 0.6) is 0 Å². The van der Waals surface area contributed by atoms with Crippen LogP contribution in [0.3, 0.4) is 0 Å². The highest BCUT2D eigenvalue weighted by atomic mass is 32.2. The Morgan fingerprint density at radius 2 is 1.90 bits per heavy atom. The van der Waals surface area contributed by atoms with E-state index in [2.05, 4.69) is 4.98 Å². The van der Waals surface area contributed by atoms with Gasteiger partial charge in [0, 0.05) is 36.2 Å². The third-order valence-corrected chi connectivity index (χ3v) is 6.07. The van der Waals surface area contributed by atoms with Crippen LogP contribution in [0.2, 0.25) is 0 Å². The second-order valence-electron chi connectivity index (χ2n) is 7.25. The first-order valence-electron chi connectivity index (χ1n) is 9.54. The number of nitrogens with one attached hydrogen (secondary N) is 1. The van der Waals surface area contributed by atoms with Gasteiger partial charge in [0.15, 0.2) is 0 Å². The SMILES string of the molecule is CSc1n[n+]2c(c(=O)[nH]1)-c1ccccc1N(C(C)=O)C2c1cn(C)c2ccccc12. The number of nitrogens with zero attached hydrogens (tertiary/aromatic N) is 4. The van der Waals surface area contributed by atoms with Gasteiger partial charge in [0.1, 0.15) is 0 Å². The van der Waals surface area contributed by atoms with E-state index >= 15 is 0 Å². The summed E-state index contributed by atoms with van der Waals surface area (Å²) in [6.45, 7) is 1.54. The zero-order valence-corrected chi connectivity index (χ0v) is 17.6. The van der Waals surface area contributed by atoms with Gasteiger partial charge in [-0.1, -0.05) is 42.1 Å². The minimum atomic E-state index is -0.577. The van der Waals surface area contributed by atoms with E-state index in [1.54, 1.807) is 16.5 Å². The first-order valence-corrected chi connectivity index (χ1v) is 10.8. The molecule has 1 atom stereocenters. The lowest BCUT2D eigenvalue weighted by Crippen LogP contribution is -2.60. The van der Waals surface area contributed by atoms with Gasteiger partial charge in [0.05, 0.1) is 16.8 Å². The number of carbonyl (C=O) groups is 1. The van der Waals surface area contributed by atoms with E-state index in [1.165, 1.54) is 11.8 Å². The lowest BCUT2D eigenvalue weighted by Gasteiger charge is -2.31. The Bertz CT molecular complexity index is 1370. The average Bonchev–Trinajstić information content (AvgIpc) is 3.08. The van der Waals surface area contributed by atoms with E-state index in [0.717, 1.165) is 16.5 Å². The van der Waals surface area contributed by atoms with Crippen molar-refractivity contribution in [2.24, 2.45) is 7.05 Å². The number of thioether (sulfide) groups is 1. The highest BCUT2D eigenvalue weighted by Crippen LogP contribution is 2.39. The number of aromatic nitrogens is 4. The van der Waals surface area contributed by atoms with Gasteiger partial charge in [-0.15, -0.1) is 0 Å². The Labute approximate surface area is 177 Å². The highest BCUT2D eigenvalue weighted by molar-refractivity contribution is 7.98. The van der Waals surface area contributed by atoms with Crippen LogP contribution in [0, 0.1) is 0 Å². The number of rotatable bonds is 2. The minimum Gasteiger partial charge on any atom is -0.350 e. The molecule has 8 heteroatoms. The molecule has 4 aromatic rings. The monoisotopic (exact) mass is 418 g/mol. The number of aromatic amines is 1. The number of anilines is 1. The number of amides is 1. The molecule has 0 radical (unpaired) electrons. The molecule has 0 spiro atoms. The second kappa shape index (κ2) is 6.84. The molecule has 1 aliphatic rings. The van der Waals surface area contributed by atoms with Crippen LogP contribution in [-0.2, 0) is 11.8 Å². The van der Waals surface area contributed by atoms with E-state index in [4.69, 9.17) is 5.10 Å². The summed E-state index contributed by atoms with van der Waals surface area (Å²) in [4.78, 5) is 30.6. The topological polar surface area (TPSA) is 74.9 Å². The van der Waals surface area contributed by atoms with Crippen LogP contribution in [0.15, 0.2) is 64.7 Å². The number of para-hydroxylation sites is 2. The largest absolute Gasteiger partial charge is 0.350 e. The molecule has 7 nitrogen and oxygen atoms in total. The average molecular weight is 419 g/mol. The van der Waals surface area contributed by atoms with E-state index in [1.807, 2.05) is 72.6 Å². The number of hydrogen-bond acceptors (Lipinski definition) is 4. The highest BCUT2D eigenvalue weighted by Gasteiger charge is 2.45. The molecule has 30 heavy (non-hydrogen) atoms. The lowest BCUT2D eigenvalue weighted by atomic mass is 10.0. The molecule has 1 aliphatic heterocycles. The van der Waals surface area contributed by atoms with Gasteiger partial charge < -0.3 is 4.57 Å². The third kappa shape index (κ3) is 2.60. The molecule has 0 saturated heterocycles. The van der Waals surface area contributed by atoms with Crippen molar-refractivity contribution in [2.45, 2.75) is 18.2 Å². The fraction of sp³-hybridized carbons (Fsp3) is 0.182. The Hall–Kier alpha value is -3.39. The molecule has 5 rings (SSSR count). The summed E-state index contributed by atoms with van der Waals surface area (Å²) in [5.41, 5.74) is 3.56. The summed E-state index contributed by atoms with van der Waals surface area (Å²) < 4.78 is 3.72. The number of fused-ring (bicyclic) bond motifs is 4. The molecule has 0 bridgehead atoms. The van der Waals surface area contributed by atoms with Gasteiger partial charge in [-0.05, 0) is 29.1 Å². The van der Waals surface area contributed by atoms with E-state index in [0.29, 0.717) is 22.1 Å². The maximum absolute atomic E-state index is 13.1. The van der Waals surface area contributed by atoms with Gasteiger partial charge in [-0.25, -0.2) is 4.90 Å². The summed E-state index contributed by atoms with van der Waals surface area (Å²) >= 11 is 1.36. The van der Waals surface area contributed by atoms with Crippen LogP contribution in [0.25, 0.3) is 22.2 Å². The fourth-order valence-electron chi connectivity index (χ4n) is 4.26. The van der Waals surface area contributed by atoms with E-state index < -0.39 is 6.17 Å². The summed E-state index contributed by atoms with van der Waals surface area (Å²) in [6.07, 6.45) is 3.29. The van der Waals surface area contributed by atoms with Crippen LogP contribution >= 0.6 is 11.8 Å². The number of hydrogen-bond donors (Lipinski definition) is 1. The summed E-state index contributed by atoms with van der Waals surface area (Å²) in [7, 11) is 1.98. The molecular weight excluding hydrogens is 398 g/mol. The predicted octanol–water partition coefficient (Wildman–Crippen LogP) is 2.85. The van der Waals surface area contributed by atoms with Crippen molar-refractivity contribution in [3.8, 4) is 11.3 Å². The number of aryl methyl sites for hydroxylation is 1. The number of benzene rings is 2. The quantitative estimate of drug-likeness (QED) is 0.401. The van der Waals surface area contributed by atoms with E-state index in [-0.39, 0.29) is 11.5 Å². The van der Waals surface area contributed by atoms with Gasteiger partial charge in [-0.2, -0.15) is 0 Å². The normalized spacial score (nSPS) is 15.2. The van der Waals surface area contributed by atoms with Crippen LogP contribution in [-0.4, -0.2) is 26.8 Å². The molecule has 0 saturated carbocycles. The van der Waals surface area contributed by atoms with Gasteiger partial charge >= 0.3 is 11.3 Å². The Morgan fingerprint density at radius 3 is 2.67 bits per heavy atom. The van der Waals surface area contributed by atoms with Crippen LogP contribution in [0.1, 0.15) is 18.7 Å². The third-order valence-electron chi connectivity index (χ3n) is 5.50. The Balaban J connectivity index is 1.92. The maximum atomic E-state index is 13.1. The molecule has 1 amide bonds. The summed E-state index contributed by atoms with van der Waals surface area (Å²) in [5.74, 6) is -0.119. The number of H-pyrrole nitrogens is 1. The fourth-order valence-corrected chi connectivity index (χ4v) is 4.63. The van der Waals surface area contributed by atoms with Crippen LogP contribution in [0.4, 0.5) is 5.69 Å². The van der Waals surface area contributed by atoms with Gasteiger partial charge in [0.2, 0.25) is 11.1 Å². The van der Waals surface area contributed by atoms with Crippen molar-refractivity contribution >= 4 is 34.3 Å². The van der Waals surface area contributed by atoms with Crippen molar-refractivity contribution in [1.29, 1.82) is 0 Å². The van der Waals surface area contributed by atoms with Crippen molar-refractivity contribution in [3.05, 3.63) is 70.6 Å². The van der Waals surface area contributed by atoms with Gasteiger partial charge in [-0.3, -0.25) is 14.6 Å². The molecule has 1 unspecified atom stereocenters. The first-order chi connectivity index (χ1) is 14.5. The van der Waals surface area contributed by atoms with Crippen molar-refractivity contribution in [2.75, 3.05) is 11.2 Å². The van der Waals surface area contributed by atoms with Gasteiger partial charge in [0.25, 0.3) is 6.17 Å². The standard InChI is InChI=1S/C22H19N5O2S/c1-13(28)26-18-11-7-5-9-15(18)19-20(29)23-22(30-3)24-27(19)21(26)16-12-25(2)17-10-6-4-8-14(16)17/h4-12,21H,1-3H3/p+1.